The second-order valence-corrected chi connectivity index (χ2v) is 8.31. The van der Waals surface area contributed by atoms with Gasteiger partial charge in [-0.25, -0.2) is 14.4 Å². The second kappa shape index (κ2) is 7.50. The van der Waals surface area contributed by atoms with Gasteiger partial charge >= 0.3 is 0 Å². The SMILES string of the molecule is Cc1c(C(=O)Nc2ccccc2F)sc2ncnc(N3CCc4ccccc4C3)c12. The van der Waals surface area contributed by atoms with Crippen molar-refractivity contribution in [3.8, 4) is 0 Å². The fraction of sp³-hybridized carbons (Fsp3) is 0.174. The molecule has 5 nitrogen and oxygen atoms in total. The number of para-hydroxylation sites is 1. The molecular weight excluding hydrogens is 399 g/mol. The predicted octanol–water partition coefficient (Wildman–Crippen LogP) is 4.95. The minimum Gasteiger partial charge on any atom is -0.351 e. The first-order chi connectivity index (χ1) is 14.6. The Morgan fingerprint density at radius 2 is 1.87 bits per heavy atom. The summed E-state index contributed by atoms with van der Waals surface area (Å²) >= 11 is 1.31. The summed E-state index contributed by atoms with van der Waals surface area (Å²) in [6, 6.07) is 14.6. The lowest BCUT2D eigenvalue weighted by atomic mass is 9.99. The maximum absolute atomic E-state index is 14.0. The van der Waals surface area contributed by atoms with Crippen molar-refractivity contribution in [2.45, 2.75) is 19.9 Å². The van der Waals surface area contributed by atoms with Crippen LogP contribution in [0.4, 0.5) is 15.9 Å². The summed E-state index contributed by atoms with van der Waals surface area (Å²) < 4.78 is 14.0. The number of thiophene rings is 1. The number of aryl methyl sites for hydroxylation is 1. The molecule has 0 spiro atoms. The average Bonchev–Trinajstić information content (AvgIpc) is 3.12. The van der Waals surface area contributed by atoms with Crippen molar-refractivity contribution in [2.24, 2.45) is 0 Å². The molecule has 0 saturated carbocycles. The Labute approximate surface area is 177 Å². The van der Waals surface area contributed by atoms with Crippen LogP contribution in [0.25, 0.3) is 10.2 Å². The number of nitrogens with one attached hydrogen (secondary N) is 1. The number of carbonyl (C=O) groups is 1. The highest BCUT2D eigenvalue weighted by atomic mass is 32.1. The normalized spacial score (nSPS) is 13.3. The first-order valence-electron chi connectivity index (χ1n) is 9.73. The molecule has 0 fully saturated rings. The van der Waals surface area contributed by atoms with E-state index in [0.717, 1.165) is 41.1 Å². The quantitative estimate of drug-likeness (QED) is 0.511. The average molecular weight is 418 g/mol. The molecule has 3 heterocycles. The maximum atomic E-state index is 14.0. The van der Waals surface area contributed by atoms with Gasteiger partial charge in [-0.1, -0.05) is 36.4 Å². The first-order valence-corrected chi connectivity index (χ1v) is 10.5. The molecule has 0 unspecified atom stereocenters. The number of anilines is 2. The molecule has 5 rings (SSSR count). The summed E-state index contributed by atoms with van der Waals surface area (Å²) in [5.74, 6) is 0.0424. The summed E-state index contributed by atoms with van der Waals surface area (Å²) in [6.07, 6.45) is 2.50. The molecule has 7 heteroatoms. The Bertz CT molecular complexity index is 1270. The Morgan fingerprint density at radius 3 is 2.70 bits per heavy atom. The number of fused-ring (bicyclic) bond motifs is 2. The smallest absolute Gasteiger partial charge is 0.266 e. The predicted molar refractivity (Wildman–Crippen MR) is 118 cm³/mol. The van der Waals surface area contributed by atoms with Crippen LogP contribution >= 0.6 is 11.3 Å². The van der Waals surface area contributed by atoms with Crippen LogP contribution in [-0.4, -0.2) is 22.4 Å². The van der Waals surface area contributed by atoms with Crippen LogP contribution in [0.2, 0.25) is 0 Å². The number of rotatable bonds is 3. The second-order valence-electron chi connectivity index (χ2n) is 7.31. The number of benzene rings is 2. The lowest BCUT2D eigenvalue weighted by Gasteiger charge is -2.30. The van der Waals surface area contributed by atoms with Crippen LogP contribution < -0.4 is 10.2 Å². The molecule has 0 saturated heterocycles. The van der Waals surface area contributed by atoms with E-state index < -0.39 is 5.82 Å². The molecule has 0 atom stereocenters. The molecule has 0 radical (unpaired) electrons. The van der Waals surface area contributed by atoms with E-state index in [2.05, 4.69) is 44.5 Å². The van der Waals surface area contributed by atoms with E-state index in [1.54, 1.807) is 24.5 Å². The van der Waals surface area contributed by atoms with Crippen LogP contribution in [0.3, 0.4) is 0 Å². The van der Waals surface area contributed by atoms with E-state index >= 15 is 0 Å². The molecule has 1 N–H and O–H groups in total. The molecular formula is C23H19FN4OS. The van der Waals surface area contributed by atoms with E-state index in [0.29, 0.717) is 4.88 Å². The zero-order valence-electron chi connectivity index (χ0n) is 16.4. The van der Waals surface area contributed by atoms with Crippen molar-refractivity contribution in [2.75, 3.05) is 16.8 Å². The van der Waals surface area contributed by atoms with Gasteiger partial charge < -0.3 is 10.2 Å². The van der Waals surface area contributed by atoms with Gasteiger partial charge in [0.15, 0.2) is 0 Å². The number of nitrogens with zero attached hydrogens (tertiary/aromatic N) is 3. The van der Waals surface area contributed by atoms with Crippen LogP contribution in [0.1, 0.15) is 26.4 Å². The number of aromatic nitrogens is 2. The van der Waals surface area contributed by atoms with Crippen LogP contribution in [-0.2, 0) is 13.0 Å². The molecule has 0 bridgehead atoms. The monoisotopic (exact) mass is 418 g/mol. The summed E-state index contributed by atoms with van der Waals surface area (Å²) in [4.78, 5) is 25.4. The Balaban J connectivity index is 1.51. The van der Waals surface area contributed by atoms with E-state index in [1.165, 1.54) is 28.5 Å². The van der Waals surface area contributed by atoms with E-state index in [-0.39, 0.29) is 11.6 Å². The maximum Gasteiger partial charge on any atom is 0.266 e. The molecule has 1 aliphatic heterocycles. The van der Waals surface area contributed by atoms with Crippen molar-refractivity contribution in [3.63, 3.8) is 0 Å². The third kappa shape index (κ3) is 3.21. The highest BCUT2D eigenvalue weighted by Gasteiger charge is 2.24. The number of carbonyl (C=O) groups excluding carboxylic acids is 1. The van der Waals surface area contributed by atoms with Gasteiger partial charge in [0, 0.05) is 13.1 Å². The number of hydrogen-bond donors (Lipinski definition) is 1. The van der Waals surface area contributed by atoms with E-state index in [9.17, 15) is 9.18 Å². The summed E-state index contributed by atoms with van der Waals surface area (Å²) in [7, 11) is 0. The fourth-order valence-corrected chi connectivity index (χ4v) is 4.97. The highest BCUT2D eigenvalue weighted by molar-refractivity contribution is 7.20. The third-order valence-corrected chi connectivity index (χ3v) is 6.66. The molecule has 0 aliphatic carbocycles. The Hall–Kier alpha value is -3.32. The van der Waals surface area contributed by atoms with Crippen LogP contribution in [0, 0.1) is 12.7 Å². The largest absolute Gasteiger partial charge is 0.351 e. The minimum absolute atomic E-state index is 0.165. The molecule has 2 aromatic heterocycles. The summed E-state index contributed by atoms with van der Waals surface area (Å²) in [6.45, 7) is 3.53. The molecule has 150 valence electrons. The lowest BCUT2D eigenvalue weighted by Crippen LogP contribution is -2.31. The summed E-state index contributed by atoms with van der Waals surface area (Å²) in [5.41, 5.74) is 3.64. The van der Waals surface area contributed by atoms with Crippen LogP contribution in [0.15, 0.2) is 54.9 Å². The highest BCUT2D eigenvalue weighted by Crippen LogP contribution is 2.36. The van der Waals surface area contributed by atoms with Gasteiger partial charge in [0.2, 0.25) is 0 Å². The molecule has 1 aliphatic rings. The number of halogens is 1. The zero-order chi connectivity index (χ0) is 20.7. The van der Waals surface area contributed by atoms with E-state index in [4.69, 9.17) is 0 Å². The number of hydrogen-bond acceptors (Lipinski definition) is 5. The molecule has 30 heavy (non-hydrogen) atoms. The van der Waals surface area contributed by atoms with Crippen LogP contribution in [0.5, 0.6) is 0 Å². The van der Waals surface area contributed by atoms with Gasteiger partial charge in [0.25, 0.3) is 5.91 Å². The topological polar surface area (TPSA) is 58.1 Å². The number of amides is 1. The van der Waals surface area contributed by atoms with E-state index in [1.807, 2.05) is 6.92 Å². The fourth-order valence-electron chi connectivity index (χ4n) is 3.93. The van der Waals surface area contributed by atoms with Crippen molar-refractivity contribution < 1.29 is 9.18 Å². The van der Waals surface area contributed by atoms with Gasteiger partial charge in [-0.3, -0.25) is 4.79 Å². The third-order valence-electron chi connectivity index (χ3n) is 5.47. The first kappa shape index (κ1) is 18.7. The summed E-state index contributed by atoms with van der Waals surface area (Å²) in [5, 5.41) is 3.56. The molecule has 2 aromatic carbocycles. The van der Waals surface area contributed by atoms with Crippen molar-refractivity contribution in [1.29, 1.82) is 0 Å². The van der Waals surface area contributed by atoms with Gasteiger partial charge in [-0.15, -0.1) is 11.3 Å². The zero-order valence-corrected chi connectivity index (χ0v) is 17.2. The van der Waals surface area contributed by atoms with Crippen molar-refractivity contribution in [3.05, 3.63) is 82.2 Å². The Morgan fingerprint density at radius 1 is 1.10 bits per heavy atom. The van der Waals surface area contributed by atoms with Gasteiger partial charge in [-0.2, -0.15) is 0 Å². The lowest BCUT2D eigenvalue weighted by molar-refractivity contribution is 0.102. The van der Waals surface area contributed by atoms with Gasteiger partial charge in [0.1, 0.15) is 22.8 Å². The molecule has 1 amide bonds. The Kier molecular flexibility index (Phi) is 4.67. The minimum atomic E-state index is -0.461. The standard InChI is InChI=1S/C23H19FN4OS/c1-14-19-21(28-11-10-15-6-2-3-7-16(15)12-28)25-13-26-23(19)30-20(14)22(29)27-18-9-5-4-8-17(18)24/h2-9,13H,10-12H2,1H3,(H,27,29). The van der Waals surface area contributed by atoms with Crippen molar-refractivity contribution >= 4 is 39.0 Å². The van der Waals surface area contributed by atoms with Gasteiger partial charge in [-0.05, 0) is 42.2 Å². The van der Waals surface area contributed by atoms with Crippen molar-refractivity contribution in [1.82, 2.24) is 9.97 Å². The van der Waals surface area contributed by atoms with Gasteiger partial charge in [0.05, 0.1) is 16.0 Å². The molecule has 4 aromatic rings.